The smallest absolute Gasteiger partial charge is 0.372 e. The van der Waals surface area contributed by atoms with Crippen LogP contribution in [0.2, 0.25) is 0 Å². The molecule has 0 aliphatic rings. The van der Waals surface area contributed by atoms with Crippen LogP contribution in [0.3, 0.4) is 0 Å². The second-order valence-electron chi connectivity index (χ2n) is 9.49. The number of hydrogen-bond acceptors (Lipinski definition) is 16. The third-order valence-corrected chi connectivity index (χ3v) is 5.60. The first kappa shape index (κ1) is 47.1. The Hall–Kier alpha value is -1.94. The van der Waals surface area contributed by atoms with E-state index >= 15 is 0 Å². The molecule has 18 heteroatoms. The Kier molecular flexibility index (Phi) is 38.9. The minimum absolute atomic E-state index is 0.00916. The lowest BCUT2D eigenvalue weighted by molar-refractivity contribution is -0.151. The van der Waals surface area contributed by atoms with Crippen molar-refractivity contribution in [1.82, 2.24) is 0 Å². The molecule has 0 rings (SSSR count). The Morgan fingerprint density at radius 2 is 0.571 bits per heavy atom. The maximum absolute atomic E-state index is 11.8. The zero-order chi connectivity index (χ0) is 35.7. The highest BCUT2D eigenvalue weighted by Crippen LogP contribution is 1.95. The molecule has 0 spiro atoms. The summed E-state index contributed by atoms with van der Waals surface area (Å²) >= 11 is 0. The predicted molar refractivity (Wildman–Crippen MR) is 169 cm³/mol. The van der Waals surface area contributed by atoms with E-state index in [0.29, 0.717) is 145 Å². The number of ketones is 1. The van der Waals surface area contributed by atoms with E-state index in [0.717, 1.165) is 0 Å². The Labute approximate surface area is 288 Å². The Bertz CT molecular complexity index is 734. The van der Waals surface area contributed by atoms with Crippen molar-refractivity contribution in [3.63, 3.8) is 0 Å². The molecule has 0 saturated carbocycles. The lowest BCUT2D eigenvalue weighted by Gasteiger charge is -2.09. The second kappa shape index (κ2) is 40.5. The molecule has 0 aliphatic heterocycles. The maximum Gasteiger partial charge on any atom is 0.372 e. The molecule has 0 unspecified atom stereocenters. The Morgan fingerprint density at radius 3 is 0.796 bits per heavy atom. The summed E-state index contributed by atoms with van der Waals surface area (Å²) in [5.74, 6) is -3.25. The van der Waals surface area contributed by atoms with Crippen LogP contribution in [-0.2, 0) is 76.0 Å². The van der Waals surface area contributed by atoms with E-state index in [-0.39, 0.29) is 32.7 Å². The zero-order valence-electron chi connectivity index (χ0n) is 28.7. The van der Waals surface area contributed by atoms with Crippen LogP contribution in [0.5, 0.6) is 0 Å². The van der Waals surface area contributed by atoms with E-state index in [9.17, 15) is 18.8 Å². The predicted octanol–water partition coefficient (Wildman–Crippen LogP) is 0.132. The van der Waals surface area contributed by atoms with E-state index in [1.807, 2.05) is 0 Å². The van der Waals surface area contributed by atoms with Crippen LogP contribution in [-0.4, -0.2) is 195 Å². The number of carbonyl (C=O) groups is 3. The van der Waals surface area contributed by atoms with Crippen molar-refractivity contribution in [3.05, 3.63) is 0 Å². The van der Waals surface area contributed by atoms with Gasteiger partial charge in [-0.15, -0.1) is 0 Å². The number of Topliss-reactive ketones (excluding diaryl/α,β-unsaturated/α-hetero) is 1. The molecular formula is C31H57FO17. The molecule has 49 heavy (non-hydrogen) atoms. The van der Waals surface area contributed by atoms with E-state index in [1.165, 1.54) is 0 Å². The van der Waals surface area contributed by atoms with Crippen LogP contribution in [0.15, 0.2) is 0 Å². The quantitative estimate of drug-likeness (QED) is 0.0508. The monoisotopic (exact) mass is 720 g/mol. The number of aliphatic carboxylic acids is 1. The number of halogens is 1. The molecule has 0 radical (unpaired) electrons. The molecule has 0 saturated heterocycles. The number of hydrogen-bond donors (Lipinski definition) is 1. The summed E-state index contributed by atoms with van der Waals surface area (Å²) in [6, 6.07) is 0. The second-order valence-corrected chi connectivity index (χ2v) is 9.49. The fourth-order valence-corrected chi connectivity index (χ4v) is 3.18. The van der Waals surface area contributed by atoms with Gasteiger partial charge in [0.2, 0.25) is 5.78 Å². The van der Waals surface area contributed by atoms with Gasteiger partial charge in [0.1, 0.15) is 13.3 Å². The average Bonchev–Trinajstić information content (AvgIpc) is 3.10. The fraction of sp³-hybridized carbons (Fsp3) is 0.903. The van der Waals surface area contributed by atoms with Gasteiger partial charge in [0.15, 0.2) is 0 Å². The summed E-state index contributed by atoms with van der Waals surface area (Å²) in [7, 11) is 0. The maximum atomic E-state index is 11.8. The number of carboxylic acids is 1. The van der Waals surface area contributed by atoms with Gasteiger partial charge in [0.25, 0.3) is 0 Å². The van der Waals surface area contributed by atoms with Gasteiger partial charge in [0.05, 0.1) is 165 Å². The van der Waals surface area contributed by atoms with E-state index in [1.54, 1.807) is 0 Å². The summed E-state index contributed by atoms with van der Waals surface area (Å²) in [5.41, 5.74) is 0. The lowest BCUT2D eigenvalue weighted by atomic mass is 10.2. The highest BCUT2D eigenvalue weighted by atomic mass is 19.1. The summed E-state index contributed by atoms with van der Waals surface area (Å²) in [6.07, 6.45) is -0.668. The van der Waals surface area contributed by atoms with Crippen LogP contribution < -0.4 is 0 Å². The first-order valence-corrected chi connectivity index (χ1v) is 16.5. The minimum Gasteiger partial charge on any atom is -0.476 e. The molecule has 0 fully saturated rings. The van der Waals surface area contributed by atoms with Crippen molar-refractivity contribution in [2.75, 3.05) is 172 Å². The highest BCUT2D eigenvalue weighted by molar-refractivity contribution is 6.32. The molecule has 0 amide bonds. The first-order valence-electron chi connectivity index (χ1n) is 16.5. The number of rotatable bonds is 42. The fourth-order valence-electron chi connectivity index (χ4n) is 3.18. The molecule has 0 aliphatic carbocycles. The third kappa shape index (κ3) is 40.4. The summed E-state index contributed by atoms with van der Waals surface area (Å²) in [5, 5.41) is 8.44. The van der Waals surface area contributed by atoms with E-state index in [2.05, 4.69) is 0 Å². The number of esters is 1. The molecule has 0 aromatic rings. The lowest BCUT2D eigenvalue weighted by Crippen LogP contribution is -2.17. The normalized spacial score (nSPS) is 11.3. The van der Waals surface area contributed by atoms with Gasteiger partial charge < -0.3 is 66.7 Å². The van der Waals surface area contributed by atoms with Gasteiger partial charge in [0, 0.05) is 6.42 Å². The van der Waals surface area contributed by atoms with Crippen LogP contribution in [0.25, 0.3) is 0 Å². The topological polar surface area (TPSA) is 191 Å². The van der Waals surface area contributed by atoms with Gasteiger partial charge in [-0.05, 0) is 0 Å². The molecule has 0 heterocycles. The number of alkyl halides is 1. The van der Waals surface area contributed by atoms with Crippen LogP contribution in [0, 0.1) is 0 Å². The van der Waals surface area contributed by atoms with Crippen LogP contribution in [0.1, 0.15) is 12.8 Å². The summed E-state index contributed by atoms with van der Waals surface area (Å²) < 4.78 is 80.9. The van der Waals surface area contributed by atoms with E-state index in [4.69, 9.17) is 66.7 Å². The Morgan fingerprint density at radius 1 is 0.347 bits per heavy atom. The zero-order valence-corrected chi connectivity index (χ0v) is 28.7. The summed E-state index contributed by atoms with van der Waals surface area (Å²) in [6.45, 7) is 9.46. The van der Waals surface area contributed by atoms with Crippen LogP contribution in [0.4, 0.5) is 4.39 Å². The van der Waals surface area contributed by atoms with Gasteiger partial charge in [-0.2, -0.15) is 0 Å². The molecule has 0 atom stereocenters. The van der Waals surface area contributed by atoms with Gasteiger partial charge >= 0.3 is 11.9 Å². The van der Waals surface area contributed by atoms with E-state index < -0.39 is 24.4 Å². The first-order chi connectivity index (χ1) is 24.1. The number of carbonyl (C=O) groups excluding carboxylic acids is 2. The van der Waals surface area contributed by atoms with Crippen LogP contribution >= 0.6 is 0 Å². The standard InChI is InChI=1S/C31H57FO17/c32-3-4-37-5-6-38-7-8-39-9-10-40-11-12-41-13-14-42-15-16-43-17-18-44-19-20-45-21-22-46-23-24-47-25-26-48-27-28-49-30(34)2-1-29(33)31(35)36/h1-28H2,(H,35,36). The average molecular weight is 721 g/mol. The molecule has 0 bridgehead atoms. The summed E-state index contributed by atoms with van der Waals surface area (Å²) in [4.78, 5) is 32.6. The third-order valence-electron chi connectivity index (χ3n) is 5.60. The molecule has 0 aromatic carbocycles. The number of carboxylic acid groups (broad SMARTS) is 1. The number of ether oxygens (including phenoxy) is 13. The molecule has 17 nitrogen and oxygen atoms in total. The largest absolute Gasteiger partial charge is 0.476 e. The Balaban J connectivity index is 3.11. The van der Waals surface area contributed by atoms with Gasteiger partial charge in [-0.1, -0.05) is 0 Å². The highest BCUT2D eigenvalue weighted by Gasteiger charge is 2.14. The van der Waals surface area contributed by atoms with Crippen molar-refractivity contribution in [1.29, 1.82) is 0 Å². The van der Waals surface area contributed by atoms with Crippen molar-refractivity contribution in [3.8, 4) is 0 Å². The van der Waals surface area contributed by atoms with Gasteiger partial charge in [-0.3, -0.25) is 9.59 Å². The SMILES string of the molecule is O=C(CCC(=O)C(=O)O)OCCOCCOCCOCCOCCOCCOCCOCCOCCOCCOCCOCCOCCF. The van der Waals surface area contributed by atoms with Crippen molar-refractivity contribution in [2.24, 2.45) is 0 Å². The minimum atomic E-state index is -1.57. The van der Waals surface area contributed by atoms with Crippen molar-refractivity contribution < 1.29 is 85.5 Å². The van der Waals surface area contributed by atoms with Gasteiger partial charge in [-0.25, -0.2) is 9.18 Å². The van der Waals surface area contributed by atoms with Crippen molar-refractivity contribution in [2.45, 2.75) is 12.8 Å². The molecular weight excluding hydrogens is 663 g/mol. The molecule has 290 valence electrons. The molecule has 0 aromatic heterocycles. The van der Waals surface area contributed by atoms with Crippen molar-refractivity contribution >= 4 is 17.7 Å². The molecule has 1 N–H and O–H groups in total.